The molecule has 0 aliphatic heterocycles. The summed E-state index contributed by atoms with van der Waals surface area (Å²) in [6, 6.07) is 64.0. The van der Waals surface area contributed by atoms with Crippen LogP contribution in [0.3, 0.4) is 0 Å². The summed E-state index contributed by atoms with van der Waals surface area (Å²) < 4.78 is 2.43. The van der Waals surface area contributed by atoms with Crippen LogP contribution in [-0.4, -0.2) is 19.5 Å². The smallest absolute Gasteiger partial charge is 0.164 e. The molecule has 0 radical (unpaired) electrons. The molecule has 2 aromatic heterocycles. The quantitative estimate of drug-likeness (QED) is 0.186. The second-order valence-corrected chi connectivity index (χ2v) is 12.8. The summed E-state index contributed by atoms with van der Waals surface area (Å²) in [5.41, 5.74) is 14.9. The molecule has 238 valence electrons. The summed E-state index contributed by atoms with van der Waals surface area (Å²) in [5, 5.41) is 1.26. The molecule has 7 aromatic carbocycles. The number of benzene rings is 7. The monoisotopic (exact) mass is 650 g/mol. The van der Waals surface area contributed by atoms with Crippen molar-refractivity contribution in [2.24, 2.45) is 0 Å². The lowest BCUT2D eigenvalue weighted by molar-refractivity contribution is 1.07. The molecule has 9 aromatic rings. The van der Waals surface area contributed by atoms with Crippen LogP contribution in [0.2, 0.25) is 0 Å². The van der Waals surface area contributed by atoms with E-state index in [9.17, 15) is 0 Å². The molecule has 4 heteroatoms. The van der Waals surface area contributed by atoms with Gasteiger partial charge in [-0.2, -0.15) is 0 Å². The molecule has 0 fully saturated rings. The summed E-state index contributed by atoms with van der Waals surface area (Å²) in [6.45, 7) is 0. The summed E-state index contributed by atoms with van der Waals surface area (Å²) in [4.78, 5) is 14.8. The van der Waals surface area contributed by atoms with Crippen LogP contribution in [0.25, 0.3) is 95.4 Å². The second-order valence-electron chi connectivity index (χ2n) is 12.8. The molecule has 2 heterocycles. The summed E-state index contributed by atoms with van der Waals surface area (Å²) in [7, 11) is 0. The van der Waals surface area contributed by atoms with Gasteiger partial charge in [-0.3, -0.25) is 0 Å². The average Bonchev–Trinajstić information content (AvgIpc) is 3.51. The molecule has 4 nitrogen and oxygen atoms in total. The van der Waals surface area contributed by atoms with Gasteiger partial charge in [0.2, 0.25) is 0 Å². The van der Waals surface area contributed by atoms with Crippen molar-refractivity contribution in [3.05, 3.63) is 182 Å². The molecular weight excluding hydrogens is 621 g/mol. The first-order valence-corrected chi connectivity index (χ1v) is 17.2. The Kier molecular flexibility index (Phi) is 6.78. The molecule has 0 saturated heterocycles. The zero-order chi connectivity index (χ0) is 33.7. The fraction of sp³-hybridized carbons (Fsp3) is 0. The van der Waals surface area contributed by atoms with E-state index in [2.05, 4.69) is 126 Å². The number of nitrogens with zero attached hydrogens (tertiary/aromatic N) is 4. The fourth-order valence-electron chi connectivity index (χ4n) is 7.55. The summed E-state index contributed by atoms with van der Waals surface area (Å²) in [5.74, 6) is 1.94. The number of hydrogen-bond donors (Lipinski definition) is 0. The van der Waals surface area contributed by atoms with Gasteiger partial charge in [-0.05, 0) is 63.7 Å². The number of fused-ring (bicyclic) bond motifs is 5. The van der Waals surface area contributed by atoms with Crippen LogP contribution in [0, 0.1) is 0 Å². The Labute approximate surface area is 296 Å². The lowest BCUT2D eigenvalue weighted by Crippen LogP contribution is -2.01. The molecule has 0 atom stereocenters. The lowest BCUT2D eigenvalue weighted by Gasteiger charge is -2.16. The van der Waals surface area contributed by atoms with Gasteiger partial charge in [0.25, 0.3) is 0 Å². The molecule has 0 saturated carbocycles. The molecule has 51 heavy (non-hydrogen) atoms. The third-order valence-corrected chi connectivity index (χ3v) is 9.83. The second kappa shape index (κ2) is 11.9. The van der Waals surface area contributed by atoms with Crippen molar-refractivity contribution in [2.45, 2.75) is 0 Å². The molecule has 0 N–H and O–H groups in total. The number of hydrogen-bond acceptors (Lipinski definition) is 3. The Bertz CT molecular complexity index is 2660. The van der Waals surface area contributed by atoms with E-state index in [0.29, 0.717) is 17.5 Å². The van der Waals surface area contributed by atoms with Crippen molar-refractivity contribution in [1.82, 2.24) is 19.5 Å². The van der Waals surface area contributed by atoms with Gasteiger partial charge in [0.1, 0.15) is 0 Å². The molecule has 1 aliphatic rings. The molecule has 1 aliphatic carbocycles. The first-order chi connectivity index (χ1) is 25.3. The maximum absolute atomic E-state index is 4.98. The van der Waals surface area contributed by atoms with Gasteiger partial charge < -0.3 is 4.57 Å². The van der Waals surface area contributed by atoms with Crippen molar-refractivity contribution in [3.8, 4) is 84.5 Å². The van der Waals surface area contributed by atoms with Gasteiger partial charge in [-0.1, -0.05) is 152 Å². The highest BCUT2D eigenvalue weighted by Crippen LogP contribution is 2.52. The normalized spacial score (nSPS) is 11.5. The van der Waals surface area contributed by atoms with Gasteiger partial charge in [0.15, 0.2) is 17.5 Å². The maximum Gasteiger partial charge on any atom is 0.164 e. The van der Waals surface area contributed by atoms with Crippen molar-refractivity contribution in [3.63, 3.8) is 0 Å². The van der Waals surface area contributed by atoms with E-state index in [1.807, 2.05) is 60.7 Å². The Balaban J connectivity index is 1.20. The zero-order valence-electron chi connectivity index (χ0n) is 27.6. The summed E-state index contributed by atoms with van der Waals surface area (Å²) >= 11 is 0. The van der Waals surface area contributed by atoms with Gasteiger partial charge in [-0.15, -0.1) is 0 Å². The van der Waals surface area contributed by atoms with Crippen LogP contribution in [0.15, 0.2) is 182 Å². The molecule has 0 amide bonds. The Hall–Kier alpha value is -6.91. The van der Waals surface area contributed by atoms with E-state index in [1.165, 1.54) is 50.0 Å². The maximum atomic E-state index is 4.98. The first kappa shape index (κ1) is 29.0. The third kappa shape index (κ3) is 4.80. The van der Waals surface area contributed by atoms with E-state index in [4.69, 9.17) is 15.0 Å². The minimum atomic E-state index is 0.637. The van der Waals surface area contributed by atoms with Crippen molar-refractivity contribution < 1.29 is 0 Å². The fourth-order valence-corrected chi connectivity index (χ4v) is 7.55. The topological polar surface area (TPSA) is 43.6 Å². The zero-order valence-corrected chi connectivity index (χ0v) is 27.6. The predicted molar refractivity (Wildman–Crippen MR) is 208 cm³/mol. The van der Waals surface area contributed by atoms with Crippen LogP contribution in [0.4, 0.5) is 0 Å². The van der Waals surface area contributed by atoms with Crippen LogP contribution >= 0.6 is 0 Å². The Morgan fingerprint density at radius 1 is 0.314 bits per heavy atom. The average molecular weight is 651 g/mol. The minimum Gasteiger partial charge on any atom is -0.309 e. The van der Waals surface area contributed by atoms with Crippen LogP contribution in [-0.2, 0) is 0 Å². The van der Waals surface area contributed by atoms with E-state index < -0.39 is 0 Å². The largest absolute Gasteiger partial charge is 0.309 e. The van der Waals surface area contributed by atoms with E-state index in [0.717, 1.165) is 27.9 Å². The highest BCUT2D eigenvalue weighted by atomic mass is 15.0. The number of aromatic nitrogens is 4. The van der Waals surface area contributed by atoms with Crippen molar-refractivity contribution in [2.75, 3.05) is 0 Å². The standard InChI is InChI=1S/C47H30N4/c1-4-15-31(16-5-1)44-43-40-24-13-12-23-38(40)36-21-10-11-22-37(36)39-25-14-26-41(42(39)43)51(44)35-29-27-34(28-30-35)47-49-45(32-17-6-2-7-18-32)48-46(50-47)33-19-8-3-9-20-33/h1-30H. The highest BCUT2D eigenvalue weighted by Gasteiger charge is 2.28. The van der Waals surface area contributed by atoms with Gasteiger partial charge >= 0.3 is 0 Å². The first-order valence-electron chi connectivity index (χ1n) is 17.2. The Morgan fingerprint density at radius 2 is 0.725 bits per heavy atom. The van der Waals surface area contributed by atoms with Crippen LogP contribution in [0.5, 0.6) is 0 Å². The molecule has 0 bridgehead atoms. The third-order valence-electron chi connectivity index (χ3n) is 9.83. The molecule has 10 rings (SSSR count). The van der Waals surface area contributed by atoms with Crippen molar-refractivity contribution >= 4 is 10.9 Å². The van der Waals surface area contributed by atoms with Gasteiger partial charge in [-0.25, -0.2) is 15.0 Å². The molecular formula is C47H30N4. The minimum absolute atomic E-state index is 0.637. The van der Waals surface area contributed by atoms with E-state index in [1.54, 1.807) is 0 Å². The number of rotatable bonds is 5. The predicted octanol–water partition coefficient (Wildman–Crippen LogP) is 11.8. The highest BCUT2D eigenvalue weighted by molar-refractivity contribution is 6.17. The van der Waals surface area contributed by atoms with Gasteiger partial charge in [0.05, 0.1) is 11.2 Å². The van der Waals surface area contributed by atoms with Crippen molar-refractivity contribution in [1.29, 1.82) is 0 Å². The van der Waals surface area contributed by atoms with E-state index in [-0.39, 0.29) is 0 Å². The molecule has 0 spiro atoms. The molecule has 0 unspecified atom stereocenters. The van der Waals surface area contributed by atoms with Gasteiger partial charge in [0, 0.05) is 33.3 Å². The Morgan fingerprint density at radius 3 is 1.27 bits per heavy atom. The lowest BCUT2D eigenvalue weighted by atomic mass is 9.93. The van der Waals surface area contributed by atoms with E-state index >= 15 is 0 Å². The van der Waals surface area contributed by atoms with Crippen LogP contribution in [0.1, 0.15) is 0 Å². The summed E-state index contributed by atoms with van der Waals surface area (Å²) in [6.07, 6.45) is 0. The SMILES string of the molecule is c1ccc(-c2nc(-c3ccccc3)nc(-c3ccc(-n4c(-c5ccccc5)c5c6c(cccc64)-c4ccccc4-c4ccccc4-5)cc3)n2)cc1. The van der Waals surface area contributed by atoms with Crippen LogP contribution < -0.4 is 0 Å².